The van der Waals surface area contributed by atoms with Crippen LogP contribution in [0.5, 0.6) is 0 Å². The lowest BCUT2D eigenvalue weighted by molar-refractivity contribution is 0.406. The van der Waals surface area contributed by atoms with Crippen LogP contribution in [0.3, 0.4) is 0 Å². The van der Waals surface area contributed by atoms with Crippen LogP contribution in [0.1, 0.15) is 50.3 Å². The van der Waals surface area contributed by atoms with E-state index in [1.165, 1.54) is 32.1 Å². The fraction of sp³-hybridized carbons (Fsp3) is 0.833. The van der Waals surface area contributed by atoms with Crippen molar-refractivity contribution in [3.05, 3.63) is 5.89 Å². The summed E-state index contributed by atoms with van der Waals surface area (Å²) in [5.74, 6) is 0.473. The molecule has 4 nitrogen and oxygen atoms in total. The highest BCUT2D eigenvalue weighted by Crippen LogP contribution is 2.38. The first-order valence-electron chi connectivity index (χ1n) is 6.42. The number of nitrogens with zero attached hydrogens (tertiary/aromatic N) is 2. The van der Waals surface area contributed by atoms with Crippen molar-refractivity contribution in [1.82, 2.24) is 10.2 Å². The number of thioether (sulfide) groups is 1. The van der Waals surface area contributed by atoms with Gasteiger partial charge in [-0.25, -0.2) is 0 Å². The molecule has 1 unspecified atom stereocenters. The zero-order valence-electron chi connectivity index (χ0n) is 10.9. The zero-order chi connectivity index (χ0) is 13.0. The van der Waals surface area contributed by atoms with Crippen LogP contribution in [0.4, 0.5) is 6.01 Å². The lowest BCUT2D eigenvalue weighted by Crippen LogP contribution is -2.35. The van der Waals surface area contributed by atoms with Crippen LogP contribution in [-0.2, 0) is 0 Å². The lowest BCUT2D eigenvalue weighted by atomic mass is 9.88. The Bertz CT molecular complexity index is 377. The Labute approximate surface area is 117 Å². The van der Waals surface area contributed by atoms with E-state index in [0.29, 0.717) is 16.7 Å². The standard InChI is InChI=1S/C12H20ClN3OS/c1-9(13)10-15-16-11(17-10)14-8-12(18-2)6-4-3-5-7-12/h9H,3-8H2,1-2H3,(H,14,16). The quantitative estimate of drug-likeness (QED) is 0.835. The van der Waals surface area contributed by atoms with Gasteiger partial charge in [-0.1, -0.05) is 24.4 Å². The normalized spacial score (nSPS) is 20.6. The Morgan fingerprint density at radius 3 is 2.67 bits per heavy atom. The molecule has 0 saturated heterocycles. The number of halogens is 1. The van der Waals surface area contributed by atoms with Gasteiger partial charge in [0.2, 0.25) is 5.89 Å². The van der Waals surface area contributed by atoms with Gasteiger partial charge in [-0.3, -0.25) is 0 Å². The van der Waals surface area contributed by atoms with Crippen LogP contribution < -0.4 is 5.32 Å². The summed E-state index contributed by atoms with van der Waals surface area (Å²) in [7, 11) is 0. The number of hydrogen-bond acceptors (Lipinski definition) is 5. The van der Waals surface area contributed by atoms with Gasteiger partial charge in [0.15, 0.2) is 0 Å². The molecule has 1 saturated carbocycles. The Kier molecular flexibility index (Phi) is 4.78. The SMILES string of the molecule is CSC1(CNc2nnc(C(C)Cl)o2)CCCCC1. The summed E-state index contributed by atoms with van der Waals surface area (Å²) in [6.45, 7) is 2.70. The van der Waals surface area contributed by atoms with E-state index in [9.17, 15) is 0 Å². The van der Waals surface area contributed by atoms with Gasteiger partial charge in [-0.05, 0) is 26.0 Å². The first-order valence-corrected chi connectivity index (χ1v) is 8.08. The van der Waals surface area contributed by atoms with Crippen molar-refractivity contribution in [3.8, 4) is 0 Å². The van der Waals surface area contributed by atoms with E-state index >= 15 is 0 Å². The topological polar surface area (TPSA) is 51.0 Å². The largest absolute Gasteiger partial charge is 0.407 e. The fourth-order valence-corrected chi connectivity index (χ4v) is 3.35. The maximum atomic E-state index is 5.89. The highest BCUT2D eigenvalue weighted by molar-refractivity contribution is 8.00. The van der Waals surface area contributed by atoms with E-state index in [1.54, 1.807) is 0 Å². The molecule has 1 N–H and O–H groups in total. The second kappa shape index (κ2) is 6.15. The molecule has 1 aromatic rings. The first-order chi connectivity index (χ1) is 8.65. The summed E-state index contributed by atoms with van der Waals surface area (Å²) >= 11 is 7.84. The molecule has 102 valence electrons. The number of alkyl halides is 1. The molecule has 0 aliphatic heterocycles. The molecule has 0 radical (unpaired) electrons. The molecule has 0 bridgehead atoms. The molecule has 18 heavy (non-hydrogen) atoms. The summed E-state index contributed by atoms with van der Waals surface area (Å²) in [6, 6.07) is 0.483. The molecule has 1 heterocycles. The Balaban J connectivity index is 1.92. The van der Waals surface area contributed by atoms with E-state index in [4.69, 9.17) is 16.0 Å². The van der Waals surface area contributed by atoms with Crippen LogP contribution in [0.15, 0.2) is 4.42 Å². The van der Waals surface area contributed by atoms with Crippen LogP contribution >= 0.6 is 23.4 Å². The van der Waals surface area contributed by atoms with Crippen molar-refractivity contribution in [2.24, 2.45) is 0 Å². The average molecular weight is 290 g/mol. The van der Waals surface area contributed by atoms with Crippen LogP contribution in [0, 0.1) is 0 Å². The summed E-state index contributed by atoms with van der Waals surface area (Å²) in [5, 5.41) is 10.9. The second-order valence-corrected chi connectivity index (χ2v) is 6.79. The number of nitrogens with one attached hydrogen (secondary N) is 1. The van der Waals surface area contributed by atoms with Crippen LogP contribution in [0.25, 0.3) is 0 Å². The maximum Gasteiger partial charge on any atom is 0.315 e. The fourth-order valence-electron chi connectivity index (χ4n) is 2.35. The Morgan fingerprint density at radius 1 is 1.39 bits per heavy atom. The van der Waals surface area contributed by atoms with Crippen molar-refractivity contribution in [2.45, 2.75) is 49.2 Å². The number of rotatable bonds is 5. The lowest BCUT2D eigenvalue weighted by Gasteiger charge is -2.35. The van der Waals surface area contributed by atoms with Gasteiger partial charge < -0.3 is 9.73 Å². The molecule has 6 heteroatoms. The molecule has 1 fully saturated rings. The monoisotopic (exact) mass is 289 g/mol. The predicted molar refractivity (Wildman–Crippen MR) is 76.4 cm³/mol. The highest BCUT2D eigenvalue weighted by Gasteiger charge is 2.31. The van der Waals surface area contributed by atoms with Gasteiger partial charge in [0.25, 0.3) is 0 Å². The Hall–Kier alpha value is -0.420. The van der Waals surface area contributed by atoms with Crippen LogP contribution in [0.2, 0.25) is 0 Å². The summed E-state index contributed by atoms with van der Waals surface area (Å²) in [6.07, 6.45) is 8.69. The van der Waals surface area contributed by atoms with Gasteiger partial charge in [0.05, 0.1) is 0 Å². The molecular weight excluding hydrogens is 270 g/mol. The molecule has 1 aliphatic carbocycles. The van der Waals surface area contributed by atoms with Crippen molar-refractivity contribution in [3.63, 3.8) is 0 Å². The van der Waals surface area contributed by atoms with Crippen molar-refractivity contribution in [2.75, 3.05) is 18.1 Å². The summed E-state index contributed by atoms with van der Waals surface area (Å²) in [5.41, 5.74) is 0. The van der Waals surface area contributed by atoms with Crippen molar-refractivity contribution < 1.29 is 4.42 Å². The molecule has 0 amide bonds. The molecule has 2 rings (SSSR count). The average Bonchev–Trinajstić information content (AvgIpc) is 2.87. The van der Waals surface area contributed by atoms with E-state index in [-0.39, 0.29) is 5.38 Å². The smallest absolute Gasteiger partial charge is 0.315 e. The van der Waals surface area contributed by atoms with Crippen LogP contribution in [-0.4, -0.2) is 27.7 Å². The maximum absolute atomic E-state index is 5.89. The van der Waals surface area contributed by atoms with Gasteiger partial charge in [0.1, 0.15) is 5.38 Å². The number of hydrogen-bond donors (Lipinski definition) is 1. The van der Waals surface area contributed by atoms with Crippen molar-refractivity contribution >= 4 is 29.4 Å². The number of aromatic nitrogens is 2. The van der Waals surface area contributed by atoms with Gasteiger partial charge in [-0.2, -0.15) is 11.8 Å². The van der Waals surface area contributed by atoms with Crippen molar-refractivity contribution in [1.29, 1.82) is 0 Å². The third-order valence-electron chi connectivity index (χ3n) is 3.54. The minimum absolute atomic E-state index is 0.239. The number of anilines is 1. The van der Waals surface area contributed by atoms with Gasteiger partial charge in [-0.15, -0.1) is 16.7 Å². The molecule has 1 aliphatic rings. The van der Waals surface area contributed by atoms with E-state index in [2.05, 4.69) is 21.8 Å². The van der Waals surface area contributed by atoms with E-state index in [0.717, 1.165) is 6.54 Å². The predicted octanol–water partition coefficient (Wildman–Crippen LogP) is 3.85. The summed E-state index contributed by atoms with van der Waals surface area (Å²) in [4.78, 5) is 0. The first kappa shape index (κ1) is 14.0. The second-order valence-electron chi connectivity index (χ2n) is 4.86. The minimum Gasteiger partial charge on any atom is -0.407 e. The van der Waals surface area contributed by atoms with E-state index < -0.39 is 0 Å². The molecule has 0 spiro atoms. The zero-order valence-corrected chi connectivity index (χ0v) is 12.5. The third-order valence-corrected chi connectivity index (χ3v) is 5.15. The van der Waals surface area contributed by atoms with E-state index in [1.807, 2.05) is 18.7 Å². The molecule has 1 aromatic heterocycles. The third kappa shape index (κ3) is 3.32. The molecule has 0 aromatic carbocycles. The van der Waals surface area contributed by atoms with Gasteiger partial charge >= 0.3 is 6.01 Å². The molecular formula is C12H20ClN3OS. The molecule has 1 atom stereocenters. The Morgan fingerprint density at radius 2 is 2.11 bits per heavy atom. The summed E-state index contributed by atoms with van der Waals surface area (Å²) < 4.78 is 5.77. The van der Waals surface area contributed by atoms with Gasteiger partial charge in [0, 0.05) is 11.3 Å². The highest BCUT2D eigenvalue weighted by atomic mass is 35.5. The minimum atomic E-state index is -0.239.